The van der Waals surface area contributed by atoms with Crippen molar-refractivity contribution < 1.29 is 14.0 Å². The molecule has 6 heteroatoms. The first-order valence-corrected chi connectivity index (χ1v) is 10.4. The number of carbonyl (C=O) groups excluding carboxylic acids is 2. The first-order valence-electron chi connectivity index (χ1n) is 10.0. The van der Waals surface area contributed by atoms with Crippen molar-refractivity contribution in [3.05, 3.63) is 106 Å². The molecule has 0 saturated heterocycles. The summed E-state index contributed by atoms with van der Waals surface area (Å²) >= 11 is 6.06. The van der Waals surface area contributed by atoms with E-state index in [9.17, 15) is 14.0 Å². The molecule has 0 spiro atoms. The Labute approximate surface area is 186 Å². The summed E-state index contributed by atoms with van der Waals surface area (Å²) in [5.41, 5.74) is 1.99. The highest BCUT2D eigenvalue weighted by atomic mass is 35.5. The molecule has 0 saturated carbocycles. The molecular formula is C25H24ClFN2O2. The minimum atomic E-state index is -0.793. The molecule has 31 heavy (non-hydrogen) atoms. The minimum Gasteiger partial charge on any atom is -0.357 e. The van der Waals surface area contributed by atoms with Gasteiger partial charge in [-0.2, -0.15) is 0 Å². The molecule has 0 aliphatic heterocycles. The SMILES string of the molecule is CNC(=O)C(Cc1ccccc1)N(Cc1ccccc1F)C(=O)Cc1cccc(Cl)c1. The normalized spacial score (nSPS) is 11.6. The fraction of sp³-hybridized carbons (Fsp3) is 0.200. The quantitative estimate of drug-likeness (QED) is 0.566. The predicted octanol–water partition coefficient (Wildman–Crippen LogP) is 4.41. The molecule has 3 aromatic rings. The monoisotopic (exact) mass is 438 g/mol. The summed E-state index contributed by atoms with van der Waals surface area (Å²) in [7, 11) is 1.53. The van der Waals surface area contributed by atoms with Crippen LogP contribution in [0.2, 0.25) is 5.02 Å². The maximum atomic E-state index is 14.4. The lowest BCUT2D eigenvalue weighted by Crippen LogP contribution is -2.50. The van der Waals surface area contributed by atoms with Crippen molar-refractivity contribution in [1.82, 2.24) is 10.2 Å². The average molecular weight is 439 g/mol. The molecule has 0 radical (unpaired) electrons. The van der Waals surface area contributed by atoms with Gasteiger partial charge in [0.2, 0.25) is 11.8 Å². The van der Waals surface area contributed by atoms with E-state index < -0.39 is 11.9 Å². The van der Waals surface area contributed by atoms with Crippen molar-refractivity contribution >= 4 is 23.4 Å². The van der Waals surface area contributed by atoms with Crippen LogP contribution in [0.4, 0.5) is 4.39 Å². The summed E-state index contributed by atoms with van der Waals surface area (Å²) in [6, 6.07) is 22.0. The van der Waals surface area contributed by atoms with Crippen LogP contribution in [-0.2, 0) is 29.0 Å². The van der Waals surface area contributed by atoms with E-state index in [2.05, 4.69) is 5.32 Å². The molecule has 3 aromatic carbocycles. The number of amides is 2. The number of nitrogens with one attached hydrogen (secondary N) is 1. The van der Waals surface area contributed by atoms with E-state index in [1.807, 2.05) is 30.3 Å². The Hall–Kier alpha value is -3.18. The second kappa shape index (κ2) is 10.7. The first kappa shape index (κ1) is 22.5. The van der Waals surface area contributed by atoms with Crippen molar-refractivity contribution in [2.45, 2.75) is 25.4 Å². The van der Waals surface area contributed by atoms with Crippen molar-refractivity contribution in [1.29, 1.82) is 0 Å². The van der Waals surface area contributed by atoms with Crippen LogP contribution < -0.4 is 5.32 Å². The molecule has 4 nitrogen and oxygen atoms in total. The smallest absolute Gasteiger partial charge is 0.242 e. The fourth-order valence-corrected chi connectivity index (χ4v) is 3.67. The first-order chi connectivity index (χ1) is 15.0. The minimum absolute atomic E-state index is 0.0169. The highest BCUT2D eigenvalue weighted by Gasteiger charge is 2.30. The lowest BCUT2D eigenvalue weighted by Gasteiger charge is -2.31. The standard InChI is InChI=1S/C25H24ClFN2O2/c1-28-25(31)23(15-18-8-3-2-4-9-18)29(17-20-11-5-6-13-22(20)27)24(30)16-19-10-7-12-21(26)14-19/h2-14,23H,15-17H2,1H3,(H,28,31). The molecule has 0 fully saturated rings. The Morgan fingerprint density at radius 3 is 2.32 bits per heavy atom. The van der Waals surface area contributed by atoms with Crippen LogP contribution >= 0.6 is 11.6 Å². The molecule has 0 bridgehead atoms. The van der Waals surface area contributed by atoms with E-state index >= 15 is 0 Å². The van der Waals surface area contributed by atoms with Gasteiger partial charge in [-0.05, 0) is 29.3 Å². The molecule has 0 aliphatic carbocycles. The second-order valence-corrected chi connectivity index (χ2v) is 7.68. The summed E-state index contributed by atoms with van der Waals surface area (Å²) in [5, 5.41) is 3.17. The molecule has 1 unspecified atom stereocenters. The maximum absolute atomic E-state index is 14.4. The van der Waals surface area contributed by atoms with Gasteiger partial charge in [0.05, 0.1) is 6.42 Å². The van der Waals surface area contributed by atoms with Gasteiger partial charge < -0.3 is 10.2 Å². The largest absolute Gasteiger partial charge is 0.357 e. The highest BCUT2D eigenvalue weighted by molar-refractivity contribution is 6.30. The zero-order valence-electron chi connectivity index (χ0n) is 17.2. The Morgan fingerprint density at radius 1 is 0.968 bits per heavy atom. The van der Waals surface area contributed by atoms with Crippen LogP contribution in [0.3, 0.4) is 0 Å². The summed E-state index contributed by atoms with van der Waals surface area (Å²) in [6.07, 6.45) is 0.369. The summed E-state index contributed by atoms with van der Waals surface area (Å²) in [4.78, 5) is 27.6. The number of hydrogen-bond acceptors (Lipinski definition) is 2. The number of halogens is 2. The van der Waals surface area contributed by atoms with Crippen LogP contribution in [0, 0.1) is 5.82 Å². The topological polar surface area (TPSA) is 49.4 Å². The van der Waals surface area contributed by atoms with Gasteiger partial charge in [-0.25, -0.2) is 4.39 Å². The Kier molecular flexibility index (Phi) is 7.79. The van der Waals surface area contributed by atoms with Gasteiger partial charge >= 0.3 is 0 Å². The van der Waals surface area contributed by atoms with Crippen LogP contribution in [0.25, 0.3) is 0 Å². The predicted molar refractivity (Wildman–Crippen MR) is 120 cm³/mol. The summed E-state index contributed by atoms with van der Waals surface area (Å²) in [6.45, 7) is -0.0169. The van der Waals surface area contributed by atoms with Gasteiger partial charge in [-0.3, -0.25) is 9.59 Å². The van der Waals surface area contributed by atoms with E-state index in [-0.39, 0.29) is 24.8 Å². The Balaban J connectivity index is 1.95. The van der Waals surface area contributed by atoms with Gasteiger partial charge in [0.25, 0.3) is 0 Å². The van der Waals surface area contributed by atoms with E-state index in [0.29, 0.717) is 17.0 Å². The summed E-state index contributed by atoms with van der Waals surface area (Å²) < 4.78 is 14.4. The van der Waals surface area contributed by atoms with E-state index in [1.165, 1.54) is 18.0 Å². The zero-order chi connectivity index (χ0) is 22.2. The number of carbonyl (C=O) groups is 2. The molecule has 160 valence electrons. The van der Waals surface area contributed by atoms with Crippen LogP contribution in [0.1, 0.15) is 16.7 Å². The number of benzene rings is 3. The van der Waals surface area contributed by atoms with Gasteiger partial charge in [0.1, 0.15) is 11.9 Å². The van der Waals surface area contributed by atoms with Crippen LogP contribution in [-0.4, -0.2) is 29.8 Å². The van der Waals surface area contributed by atoms with Gasteiger partial charge in [0, 0.05) is 30.6 Å². The molecule has 0 aliphatic rings. The third-order valence-electron chi connectivity index (χ3n) is 5.06. The third-order valence-corrected chi connectivity index (χ3v) is 5.30. The van der Waals surface area contributed by atoms with Crippen molar-refractivity contribution in [2.75, 3.05) is 7.05 Å². The van der Waals surface area contributed by atoms with Crippen molar-refractivity contribution in [3.8, 4) is 0 Å². The zero-order valence-corrected chi connectivity index (χ0v) is 18.0. The average Bonchev–Trinajstić information content (AvgIpc) is 2.77. The highest BCUT2D eigenvalue weighted by Crippen LogP contribution is 2.19. The van der Waals surface area contributed by atoms with Crippen LogP contribution in [0.15, 0.2) is 78.9 Å². The molecule has 1 atom stereocenters. The third kappa shape index (κ3) is 6.15. The lowest BCUT2D eigenvalue weighted by atomic mass is 10.0. The van der Waals surface area contributed by atoms with Gasteiger partial charge in [-0.1, -0.05) is 72.3 Å². The molecule has 0 aromatic heterocycles. The molecular weight excluding hydrogens is 415 g/mol. The number of hydrogen-bond donors (Lipinski definition) is 1. The summed E-state index contributed by atoms with van der Waals surface area (Å²) in [5.74, 6) is -1.01. The molecule has 0 heterocycles. The van der Waals surface area contributed by atoms with Crippen molar-refractivity contribution in [3.63, 3.8) is 0 Å². The van der Waals surface area contributed by atoms with Crippen molar-refractivity contribution in [2.24, 2.45) is 0 Å². The van der Waals surface area contributed by atoms with Gasteiger partial charge in [0.15, 0.2) is 0 Å². The van der Waals surface area contributed by atoms with Gasteiger partial charge in [-0.15, -0.1) is 0 Å². The lowest BCUT2D eigenvalue weighted by molar-refractivity contribution is -0.140. The van der Waals surface area contributed by atoms with E-state index in [1.54, 1.807) is 42.5 Å². The molecule has 1 N–H and O–H groups in total. The Morgan fingerprint density at radius 2 is 1.65 bits per heavy atom. The number of rotatable bonds is 8. The number of nitrogens with zero attached hydrogens (tertiary/aromatic N) is 1. The van der Waals surface area contributed by atoms with E-state index in [4.69, 9.17) is 11.6 Å². The fourth-order valence-electron chi connectivity index (χ4n) is 3.45. The molecule has 3 rings (SSSR count). The second-order valence-electron chi connectivity index (χ2n) is 7.24. The Bertz CT molecular complexity index is 1040. The van der Waals surface area contributed by atoms with Crippen LogP contribution in [0.5, 0.6) is 0 Å². The molecule has 2 amide bonds. The maximum Gasteiger partial charge on any atom is 0.242 e. The van der Waals surface area contributed by atoms with E-state index in [0.717, 1.165) is 11.1 Å². The number of likely N-dealkylation sites (N-methyl/N-ethyl adjacent to an activating group) is 1.